The average Bonchev–Trinajstić information content (AvgIpc) is 3.24. The molecule has 2 unspecified atom stereocenters. The Balaban J connectivity index is 1.47. The van der Waals surface area contributed by atoms with Gasteiger partial charge in [0.15, 0.2) is 23.9 Å². The van der Waals surface area contributed by atoms with E-state index in [1.165, 1.54) is 21.9 Å². The molecule has 0 radical (unpaired) electrons. The van der Waals surface area contributed by atoms with Gasteiger partial charge in [0.25, 0.3) is 0 Å². The third-order valence-electron chi connectivity index (χ3n) is 4.71. The number of aliphatic hydroxyl groups excluding tert-OH is 1. The first-order valence-corrected chi connectivity index (χ1v) is 10.1. The molecule has 5 atom stereocenters. The highest BCUT2D eigenvalue weighted by Gasteiger charge is 2.47. The molecule has 2 saturated heterocycles. The van der Waals surface area contributed by atoms with Gasteiger partial charge in [0.1, 0.15) is 24.1 Å². The molecule has 0 spiro atoms. The van der Waals surface area contributed by atoms with Crippen LogP contribution in [0.1, 0.15) is 6.23 Å². The largest absolute Gasteiger partial charge is 0.405 e. The van der Waals surface area contributed by atoms with Gasteiger partial charge in [-0.05, 0) is 0 Å². The Labute approximate surface area is 158 Å². The second-order valence-corrected chi connectivity index (χ2v) is 8.24. The lowest BCUT2D eigenvalue weighted by Gasteiger charge is -2.30. The van der Waals surface area contributed by atoms with E-state index in [1.54, 1.807) is 0 Å². The van der Waals surface area contributed by atoms with Crippen LogP contribution >= 0.6 is 7.75 Å². The highest BCUT2D eigenvalue weighted by atomic mass is 31.2. The predicted octanol–water partition coefficient (Wildman–Crippen LogP) is -0.546. The number of hydrogen-bond acceptors (Lipinski definition) is 9. The molecule has 2 aliphatic heterocycles. The lowest BCUT2D eigenvalue weighted by Crippen LogP contribution is -2.36. The van der Waals surface area contributed by atoms with E-state index in [-0.39, 0.29) is 30.1 Å². The number of halogens is 1. The monoisotopic (exact) mass is 418 g/mol. The standard InChI is InChI=1S/C14H20FN6O6P/c15-9-11(22)8(5-26-28(23,24)20-1-3-25-4-2-20)27-14(9)21-7-19-10-12(16)17-6-18-13(10)21/h6-9,11,14,22H,1-5H2,(H,23,24)(H2,16,17,18)/t8-,9+,11?,14-/m1/s1. The van der Waals surface area contributed by atoms with Crippen LogP contribution in [-0.4, -0.2) is 85.5 Å². The van der Waals surface area contributed by atoms with Gasteiger partial charge in [0.2, 0.25) is 0 Å². The average molecular weight is 418 g/mol. The second kappa shape index (κ2) is 7.59. The lowest BCUT2D eigenvalue weighted by molar-refractivity contribution is -0.0456. The normalized spacial score (nSPS) is 31.2. The predicted molar refractivity (Wildman–Crippen MR) is 92.7 cm³/mol. The van der Waals surface area contributed by atoms with Gasteiger partial charge in [0.05, 0.1) is 26.1 Å². The minimum absolute atomic E-state index is 0.129. The number of rotatable bonds is 5. The summed E-state index contributed by atoms with van der Waals surface area (Å²) < 4.78 is 45.4. The van der Waals surface area contributed by atoms with Crippen LogP contribution in [0.5, 0.6) is 0 Å². The van der Waals surface area contributed by atoms with Crippen molar-refractivity contribution in [1.82, 2.24) is 24.2 Å². The first-order chi connectivity index (χ1) is 13.4. The Kier molecular flexibility index (Phi) is 5.31. The number of morpholine rings is 1. The number of nitrogen functional groups attached to an aromatic ring is 1. The fraction of sp³-hybridized carbons (Fsp3) is 0.643. The van der Waals surface area contributed by atoms with Crippen LogP contribution in [0, 0.1) is 0 Å². The van der Waals surface area contributed by atoms with Gasteiger partial charge < -0.3 is 25.2 Å². The summed E-state index contributed by atoms with van der Waals surface area (Å²) in [6.45, 7) is 0.622. The van der Waals surface area contributed by atoms with Crippen molar-refractivity contribution in [3.8, 4) is 0 Å². The van der Waals surface area contributed by atoms with Crippen LogP contribution in [0.15, 0.2) is 12.7 Å². The Morgan fingerprint density at radius 2 is 2.11 bits per heavy atom. The molecular weight excluding hydrogens is 398 g/mol. The lowest BCUT2D eigenvalue weighted by atomic mass is 10.1. The van der Waals surface area contributed by atoms with Crippen LogP contribution in [0.4, 0.5) is 10.2 Å². The third-order valence-corrected chi connectivity index (χ3v) is 6.31. The van der Waals surface area contributed by atoms with Crippen molar-refractivity contribution < 1.29 is 33.0 Å². The van der Waals surface area contributed by atoms with Crippen molar-refractivity contribution in [3.05, 3.63) is 12.7 Å². The van der Waals surface area contributed by atoms with Gasteiger partial charge in [-0.25, -0.2) is 28.6 Å². The molecule has 4 heterocycles. The van der Waals surface area contributed by atoms with Crippen LogP contribution in [0.3, 0.4) is 0 Å². The SMILES string of the molecule is Nc1ncnc2c1ncn2[C@@H]1O[C@H](COP(=O)(O)N2CCOCC2)C(O)[C@@H]1F. The Morgan fingerprint density at radius 1 is 1.36 bits per heavy atom. The third kappa shape index (κ3) is 3.50. The maximum absolute atomic E-state index is 14.7. The Bertz CT molecular complexity index is 894. The van der Waals surface area contributed by atoms with E-state index in [0.717, 1.165) is 0 Å². The van der Waals surface area contributed by atoms with Crippen molar-refractivity contribution in [3.63, 3.8) is 0 Å². The highest BCUT2D eigenvalue weighted by molar-refractivity contribution is 7.50. The molecule has 0 bridgehead atoms. The molecule has 154 valence electrons. The number of aliphatic hydroxyl groups is 1. The molecule has 0 aliphatic carbocycles. The summed E-state index contributed by atoms with van der Waals surface area (Å²) in [6, 6.07) is 0. The summed E-state index contributed by atoms with van der Waals surface area (Å²) in [5.41, 5.74) is 6.24. The van der Waals surface area contributed by atoms with Crippen LogP contribution in [0.25, 0.3) is 11.2 Å². The smallest absolute Gasteiger partial charge is 0.387 e. The van der Waals surface area contributed by atoms with Crippen LogP contribution in [0.2, 0.25) is 0 Å². The molecule has 28 heavy (non-hydrogen) atoms. The van der Waals surface area contributed by atoms with Gasteiger partial charge >= 0.3 is 7.75 Å². The van der Waals surface area contributed by atoms with Gasteiger partial charge in [-0.3, -0.25) is 9.09 Å². The number of anilines is 1. The molecule has 2 aliphatic rings. The Hall–Kier alpha value is -1.73. The number of imidazole rings is 1. The molecule has 14 heteroatoms. The first-order valence-electron chi connectivity index (χ1n) is 8.59. The number of ether oxygens (including phenoxy) is 2. The van der Waals surface area contributed by atoms with E-state index in [9.17, 15) is 19.0 Å². The van der Waals surface area contributed by atoms with Gasteiger partial charge in [-0.2, -0.15) is 0 Å². The van der Waals surface area contributed by atoms with Crippen molar-refractivity contribution in [1.29, 1.82) is 0 Å². The maximum Gasteiger partial charge on any atom is 0.405 e. The number of nitrogens with zero attached hydrogens (tertiary/aromatic N) is 5. The molecule has 4 N–H and O–H groups in total. The zero-order valence-corrected chi connectivity index (χ0v) is 15.6. The van der Waals surface area contributed by atoms with E-state index in [0.29, 0.717) is 13.2 Å². The second-order valence-electron chi connectivity index (χ2n) is 6.44. The molecule has 2 aromatic rings. The zero-order chi connectivity index (χ0) is 19.9. The van der Waals surface area contributed by atoms with E-state index in [2.05, 4.69) is 15.0 Å². The molecule has 2 aromatic heterocycles. The minimum Gasteiger partial charge on any atom is -0.387 e. The molecular formula is C14H20FN6O6P. The first kappa shape index (κ1) is 19.6. The van der Waals surface area contributed by atoms with Gasteiger partial charge in [-0.15, -0.1) is 0 Å². The summed E-state index contributed by atoms with van der Waals surface area (Å²) in [5, 5.41) is 10.2. The van der Waals surface area contributed by atoms with Crippen molar-refractivity contribution >= 4 is 24.7 Å². The molecule has 0 saturated carbocycles. The zero-order valence-electron chi connectivity index (χ0n) is 14.7. The van der Waals surface area contributed by atoms with Gasteiger partial charge in [0, 0.05) is 13.1 Å². The number of nitrogens with two attached hydrogens (primary N) is 1. The summed E-state index contributed by atoms with van der Waals surface area (Å²) in [5.74, 6) is 0.129. The molecule has 0 aromatic carbocycles. The number of fused-ring (bicyclic) bond motifs is 1. The van der Waals surface area contributed by atoms with Crippen LogP contribution < -0.4 is 5.73 Å². The summed E-state index contributed by atoms with van der Waals surface area (Å²) in [4.78, 5) is 22.0. The van der Waals surface area contributed by atoms with E-state index < -0.39 is 39.0 Å². The maximum atomic E-state index is 14.7. The summed E-state index contributed by atoms with van der Waals surface area (Å²) >= 11 is 0. The summed E-state index contributed by atoms with van der Waals surface area (Å²) in [7, 11) is -4.11. The van der Waals surface area contributed by atoms with Crippen molar-refractivity contribution in [2.24, 2.45) is 0 Å². The number of alkyl halides is 1. The highest BCUT2D eigenvalue weighted by Crippen LogP contribution is 2.47. The topological polar surface area (TPSA) is 158 Å². The van der Waals surface area contributed by atoms with E-state index in [1.807, 2.05) is 0 Å². The fourth-order valence-corrected chi connectivity index (χ4v) is 4.35. The van der Waals surface area contributed by atoms with Gasteiger partial charge in [-0.1, -0.05) is 0 Å². The fourth-order valence-electron chi connectivity index (χ4n) is 3.18. The van der Waals surface area contributed by atoms with E-state index >= 15 is 0 Å². The Morgan fingerprint density at radius 3 is 2.86 bits per heavy atom. The van der Waals surface area contributed by atoms with Crippen molar-refractivity contribution in [2.45, 2.75) is 24.6 Å². The quantitative estimate of drug-likeness (QED) is 0.535. The summed E-state index contributed by atoms with van der Waals surface area (Å²) in [6.07, 6.45) is -3.30. The minimum atomic E-state index is -4.11. The molecule has 0 amide bonds. The number of hydrogen-bond donors (Lipinski definition) is 3. The molecule has 2 fully saturated rings. The number of aromatic nitrogens is 4. The molecule has 4 rings (SSSR count). The van der Waals surface area contributed by atoms with E-state index in [4.69, 9.17) is 19.7 Å². The molecule has 12 nitrogen and oxygen atoms in total. The van der Waals surface area contributed by atoms with Crippen LogP contribution in [-0.2, 0) is 18.6 Å². The van der Waals surface area contributed by atoms with Crippen molar-refractivity contribution in [2.75, 3.05) is 38.6 Å².